The number of hydrogen-bond donors (Lipinski definition) is 0. The van der Waals surface area contributed by atoms with Crippen LogP contribution < -0.4 is 18.9 Å². The molecule has 2 aliphatic rings. The van der Waals surface area contributed by atoms with Crippen molar-refractivity contribution in [3.8, 4) is 23.0 Å². The van der Waals surface area contributed by atoms with Gasteiger partial charge in [-0.3, -0.25) is 38.4 Å². The maximum absolute atomic E-state index is 13.5. The van der Waals surface area contributed by atoms with Crippen LogP contribution in [0.1, 0.15) is 119 Å². The van der Waals surface area contributed by atoms with Gasteiger partial charge in [0.15, 0.2) is 0 Å². The van der Waals surface area contributed by atoms with E-state index < -0.39 is 95.6 Å². The van der Waals surface area contributed by atoms with E-state index in [1.807, 2.05) is 0 Å². The second kappa shape index (κ2) is 32.2. The van der Waals surface area contributed by atoms with Crippen molar-refractivity contribution in [1.29, 1.82) is 0 Å². The zero-order valence-electron chi connectivity index (χ0n) is 46.6. The Labute approximate surface area is 471 Å². The number of carbonyl (C=O) groups is 10. The van der Waals surface area contributed by atoms with Crippen molar-refractivity contribution < 1.29 is 95.3 Å². The average Bonchev–Trinajstić information content (AvgIpc) is 3.46. The van der Waals surface area contributed by atoms with E-state index in [9.17, 15) is 47.9 Å². The third-order valence-electron chi connectivity index (χ3n) is 13.8. The lowest BCUT2D eigenvalue weighted by Crippen LogP contribution is -2.31. The van der Waals surface area contributed by atoms with Crippen LogP contribution in [0.25, 0.3) is 0 Å². The van der Waals surface area contributed by atoms with Gasteiger partial charge >= 0.3 is 59.7 Å². The summed E-state index contributed by atoms with van der Waals surface area (Å²) in [5, 5.41) is 0. The Morgan fingerprint density at radius 2 is 0.802 bits per heavy atom. The van der Waals surface area contributed by atoms with E-state index in [2.05, 4.69) is 13.2 Å². The summed E-state index contributed by atoms with van der Waals surface area (Å²) in [4.78, 5) is 124. The van der Waals surface area contributed by atoms with E-state index in [-0.39, 0.29) is 52.1 Å². The summed E-state index contributed by atoms with van der Waals surface area (Å²) >= 11 is 0. The monoisotopic (exact) mass is 1120 g/mol. The van der Waals surface area contributed by atoms with Gasteiger partial charge in [-0.15, -0.1) is 0 Å². The molecule has 0 radical (unpaired) electrons. The van der Waals surface area contributed by atoms with Crippen molar-refractivity contribution in [2.75, 3.05) is 26.4 Å². The second-order valence-electron chi connectivity index (χ2n) is 20.1. The van der Waals surface area contributed by atoms with E-state index in [4.69, 9.17) is 47.4 Å². The lowest BCUT2D eigenvalue weighted by atomic mass is 9.82. The fourth-order valence-corrected chi connectivity index (χ4v) is 8.88. The van der Waals surface area contributed by atoms with Gasteiger partial charge in [0, 0.05) is 25.0 Å². The minimum Gasteiger partial charge on any atom is -0.465 e. The molecule has 436 valence electrons. The highest BCUT2D eigenvalue weighted by atomic mass is 16.6. The highest BCUT2D eigenvalue weighted by molar-refractivity contribution is 5.83. The molecule has 5 rings (SSSR count). The molecule has 0 amide bonds. The van der Waals surface area contributed by atoms with Crippen LogP contribution in [0.15, 0.2) is 79.9 Å². The molecule has 20 nitrogen and oxygen atoms in total. The molecule has 0 N–H and O–H groups in total. The first-order chi connectivity index (χ1) is 38.7. The summed E-state index contributed by atoms with van der Waals surface area (Å²) in [5.41, 5.74) is 3.56. The molecule has 0 saturated heterocycles. The standard InChI is InChI=1S/C61H72O20/c1-8-51(62)76-38(4)35-74-55(66)28-26-53(64)72-32-30-42-10-22-48(23-11-42)78-58(68)44-14-18-46(19-15-44)60(70)80-50-34-37(3)57(41(7)40(50)6)81-61(71)47-20-16-45(17-21-47)59(69)79-49-24-12-43(13-25-49)31-33-73-54(65)27-29-56(67)75-36-39(5)77-52(63)9-2/h8-13,22-25,34,38-39,44-47H,1-2,14-21,26-33,35-36H2,3-7H3. The van der Waals surface area contributed by atoms with Gasteiger partial charge in [0.1, 0.15) is 48.4 Å². The number of benzene rings is 3. The first kappa shape index (κ1) is 63.7. The molecule has 0 aliphatic heterocycles. The molecule has 2 unspecified atom stereocenters. The van der Waals surface area contributed by atoms with Crippen LogP contribution in [0.4, 0.5) is 0 Å². The van der Waals surface area contributed by atoms with Gasteiger partial charge in [-0.1, -0.05) is 37.4 Å². The summed E-state index contributed by atoms with van der Waals surface area (Å²) < 4.78 is 53.5. The predicted octanol–water partition coefficient (Wildman–Crippen LogP) is 8.30. The van der Waals surface area contributed by atoms with Gasteiger partial charge in [0.05, 0.1) is 62.6 Å². The minimum absolute atomic E-state index is 0.0730. The lowest BCUT2D eigenvalue weighted by molar-refractivity contribution is -0.156. The van der Waals surface area contributed by atoms with E-state index in [0.717, 1.165) is 23.3 Å². The molecule has 0 spiro atoms. The van der Waals surface area contributed by atoms with E-state index in [1.165, 1.54) is 0 Å². The van der Waals surface area contributed by atoms with Crippen molar-refractivity contribution in [3.63, 3.8) is 0 Å². The van der Waals surface area contributed by atoms with Gasteiger partial charge in [-0.05, 0) is 144 Å². The number of carbonyl (C=O) groups excluding carboxylic acids is 10. The maximum Gasteiger partial charge on any atom is 0.330 e. The summed E-state index contributed by atoms with van der Waals surface area (Å²) in [6, 6.07) is 15.3. The molecule has 0 bridgehead atoms. The van der Waals surface area contributed by atoms with Crippen LogP contribution in [-0.4, -0.2) is 98.3 Å². The zero-order chi connectivity index (χ0) is 59.0. The van der Waals surface area contributed by atoms with Crippen molar-refractivity contribution in [2.24, 2.45) is 23.7 Å². The van der Waals surface area contributed by atoms with E-state index >= 15 is 0 Å². The summed E-state index contributed by atoms with van der Waals surface area (Å²) in [7, 11) is 0. The van der Waals surface area contributed by atoms with Gasteiger partial charge in [0.25, 0.3) is 0 Å². The Balaban J connectivity index is 0.953. The fourth-order valence-electron chi connectivity index (χ4n) is 8.88. The molecule has 20 heteroatoms. The first-order valence-electron chi connectivity index (χ1n) is 27.2. The second-order valence-corrected chi connectivity index (χ2v) is 20.1. The third kappa shape index (κ3) is 21.4. The molecule has 2 fully saturated rings. The SMILES string of the molecule is C=CC(=O)OC(C)COC(=O)CCC(=O)OCCc1ccc(OC(=O)C2CCC(C(=O)Oc3cc(C)c(OC(=O)C4CCC(C(=O)Oc5ccc(CCOC(=O)CCC(=O)OCC(C)OC(=O)C=C)cc5)CC4)c(C)c3C)CC2)cc1. The molecule has 3 aromatic rings. The van der Waals surface area contributed by atoms with Gasteiger partial charge in [0.2, 0.25) is 0 Å². The van der Waals surface area contributed by atoms with Gasteiger partial charge < -0.3 is 47.4 Å². The molecule has 3 aromatic carbocycles. The van der Waals surface area contributed by atoms with Crippen LogP contribution in [0.5, 0.6) is 23.0 Å². The number of aryl methyl sites for hydroxylation is 1. The van der Waals surface area contributed by atoms with E-state index in [0.29, 0.717) is 104 Å². The van der Waals surface area contributed by atoms with Gasteiger partial charge in [-0.2, -0.15) is 0 Å². The fraction of sp³-hybridized carbons (Fsp3) is 0.475. The van der Waals surface area contributed by atoms with Crippen molar-refractivity contribution >= 4 is 59.7 Å². The molecular weight excluding hydrogens is 1050 g/mol. The van der Waals surface area contributed by atoms with Crippen molar-refractivity contribution in [1.82, 2.24) is 0 Å². The molecule has 81 heavy (non-hydrogen) atoms. The normalized spacial score (nSPS) is 17.3. The maximum atomic E-state index is 13.5. The molecule has 0 heterocycles. The Bertz CT molecular complexity index is 2730. The topological polar surface area (TPSA) is 263 Å². The smallest absolute Gasteiger partial charge is 0.330 e. The molecule has 2 atom stereocenters. The Morgan fingerprint density at radius 3 is 1.16 bits per heavy atom. The largest absolute Gasteiger partial charge is 0.465 e. The number of rotatable bonds is 28. The first-order valence-corrected chi connectivity index (χ1v) is 27.2. The zero-order valence-corrected chi connectivity index (χ0v) is 46.6. The summed E-state index contributed by atoms with van der Waals surface area (Å²) in [6.45, 7) is 14.9. The quantitative estimate of drug-likeness (QED) is 0.0286. The Kier molecular flexibility index (Phi) is 25.3. The Hall–Kier alpha value is -8.16. The van der Waals surface area contributed by atoms with Crippen LogP contribution in [0, 0.1) is 44.4 Å². The number of esters is 10. The molecule has 2 saturated carbocycles. The number of ether oxygens (including phenoxy) is 10. The Morgan fingerprint density at radius 1 is 0.469 bits per heavy atom. The van der Waals surface area contributed by atoms with Crippen molar-refractivity contribution in [3.05, 3.63) is 108 Å². The van der Waals surface area contributed by atoms with Crippen molar-refractivity contribution in [2.45, 2.75) is 137 Å². The highest BCUT2D eigenvalue weighted by Gasteiger charge is 2.35. The van der Waals surface area contributed by atoms with Crippen LogP contribution in [0.3, 0.4) is 0 Å². The van der Waals surface area contributed by atoms with Gasteiger partial charge in [-0.25, -0.2) is 9.59 Å². The molecule has 2 aliphatic carbocycles. The average molecular weight is 1130 g/mol. The van der Waals surface area contributed by atoms with Crippen LogP contribution in [0.2, 0.25) is 0 Å². The highest BCUT2D eigenvalue weighted by Crippen LogP contribution is 2.38. The lowest BCUT2D eigenvalue weighted by Gasteiger charge is -2.27. The molecular formula is C61H72O20. The summed E-state index contributed by atoms with van der Waals surface area (Å²) in [6.07, 6.45) is 4.20. The number of hydrogen-bond acceptors (Lipinski definition) is 20. The minimum atomic E-state index is -0.660. The van der Waals surface area contributed by atoms with Crippen LogP contribution in [-0.2, 0) is 89.2 Å². The van der Waals surface area contributed by atoms with Crippen LogP contribution >= 0.6 is 0 Å². The summed E-state index contributed by atoms with van der Waals surface area (Å²) in [5.74, 6) is -5.50. The van der Waals surface area contributed by atoms with E-state index in [1.54, 1.807) is 89.2 Å². The predicted molar refractivity (Wildman–Crippen MR) is 288 cm³/mol. The molecule has 0 aromatic heterocycles. The third-order valence-corrected chi connectivity index (χ3v) is 13.8.